The summed E-state index contributed by atoms with van der Waals surface area (Å²) in [6, 6.07) is 0.770. The summed E-state index contributed by atoms with van der Waals surface area (Å²) in [5.41, 5.74) is 0. The van der Waals surface area contributed by atoms with Gasteiger partial charge in [-0.05, 0) is 50.7 Å². The fourth-order valence-electron chi connectivity index (χ4n) is 3.01. The van der Waals surface area contributed by atoms with Crippen molar-refractivity contribution in [3.05, 3.63) is 0 Å². The van der Waals surface area contributed by atoms with E-state index >= 15 is 0 Å². The molecule has 0 aromatic rings. The molecule has 1 heterocycles. The van der Waals surface area contributed by atoms with E-state index in [1.165, 1.54) is 51.7 Å². The van der Waals surface area contributed by atoms with E-state index in [1.807, 2.05) is 0 Å². The number of likely N-dealkylation sites (tertiary alicyclic amines) is 1. The number of nitrogens with one attached hydrogen (secondary N) is 1. The summed E-state index contributed by atoms with van der Waals surface area (Å²) >= 11 is 0. The molecule has 0 saturated carbocycles. The smallest absolute Gasteiger partial charge is 0.0220 e. The SMILES string of the molecule is CCCC(CNCC(C)C)N1CCC(CC)CC1. The Morgan fingerprint density at radius 3 is 2.28 bits per heavy atom. The molecule has 18 heavy (non-hydrogen) atoms. The van der Waals surface area contributed by atoms with E-state index in [0.29, 0.717) is 0 Å². The van der Waals surface area contributed by atoms with Gasteiger partial charge in [-0.25, -0.2) is 0 Å². The lowest BCUT2D eigenvalue weighted by molar-refractivity contribution is 0.122. The van der Waals surface area contributed by atoms with Gasteiger partial charge in [0.15, 0.2) is 0 Å². The summed E-state index contributed by atoms with van der Waals surface area (Å²) in [5, 5.41) is 3.65. The molecule has 1 N–H and O–H groups in total. The van der Waals surface area contributed by atoms with E-state index in [1.54, 1.807) is 0 Å². The third-order valence-corrected chi connectivity index (χ3v) is 4.30. The van der Waals surface area contributed by atoms with Crippen LogP contribution in [0.3, 0.4) is 0 Å². The molecular weight excluding hydrogens is 220 g/mol. The van der Waals surface area contributed by atoms with Crippen molar-refractivity contribution in [2.45, 2.75) is 65.8 Å². The molecule has 1 fully saturated rings. The minimum absolute atomic E-state index is 0.762. The van der Waals surface area contributed by atoms with E-state index in [0.717, 1.165) is 24.4 Å². The van der Waals surface area contributed by atoms with Gasteiger partial charge < -0.3 is 5.32 Å². The van der Waals surface area contributed by atoms with Crippen LogP contribution < -0.4 is 5.32 Å². The molecule has 1 rings (SSSR count). The first-order valence-corrected chi connectivity index (χ1v) is 8.12. The van der Waals surface area contributed by atoms with Crippen LogP contribution in [0.1, 0.15) is 59.8 Å². The second kappa shape index (κ2) is 8.92. The van der Waals surface area contributed by atoms with Crippen LogP contribution in [-0.2, 0) is 0 Å². The van der Waals surface area contributed by atoms with Crippen molar-refractivity contribution in [2.24, 2.45) is 11.8 Å². The van der Waals surface area contributed by atoms with E-state index in [9.17, 15) is 0 Å². The number of hydrogen-bond donors (Lipinski definition) is 1. The van der Waals surface area contributed by atoms with Gasteiger partial charge in [0.2, 0.25) is 0 Å². The first kappa shape index (κ1) is 16.0. The minimum Gasteiger partial charge on any atom is -0.315 e. The Morgan fingerprint density at radius 2 is 1.78 bits per heavy atom. The molecule has 0 aromatic carbocycles. The maximum Gasteiger partial charge on any atom is 0.0220 e. The van der Waals surface area contributed by atoms with Crippen molar-refractivity contribution in [3.8, 4) is 0 Å². The molecule has 1 atom stereocenters. The number of hydrogen-bond acceptors (Lipinski definition) is 2. The fraction of sp³-hybridized carbons (Fsp3) is 1.00. The van der Waals surface area contributed by atoms with Gasteiger partial charge >= 0.3 is 0 Å². The van der Waals surface area contributed by atoms with Crippen molar-refractivity contribution in [1.29, 1.82) is 0 Å². The highest BCUT2D eigenvalue weighted by molar-refractivity contribution is 4.79. The van der Waals surface area contributed by atoms with E-state index < -0.39 is 0 Å². The summed E-state index contributed by atoms with van der Waals surface area (Å²) < 4.78 is 0. The monoisotopic (exact) mass is 254 g/mol. The predicted molar refractivity (Wildman–Crippen MR) is 81.0 cm³/mol. The molecule has 0 spiro atoms. The van der Waals surface area contributed by atoms with Crippen molar-refractivity contribution < 1.29 is 0 Å². The number of rotatable bonds is 8. The maximum absolute atomic E-state index is 3.65. The first-order chi connectivity index (χ1) is 8.67. The average molecular weight is 254 g/mol. The fourth-order valence-corrected chi connectivity index (χ4v) is 3.01. The summed E-state index contributed by atoms with van der Waals surface area (Å²) in [7, 11) is 0. The molecule has 0 bridgehead atoms. The van der Waals surface area contributed by atoms with Crippen molar-refractivity contribution in [1.82, 2.24) is 10.2 Å². The van der Waals surface area contributed by atoms with Gasteiger partial charge in [-0.2, -0.15) is 0 Å². The lowest BCUT2D eigenvalue weighted by Crippen LogP contribution is -2.46. The van der Waals surface area contributed by atoms with Crippen molar-refractivity contribution in [3.63, 3.8) is 0 Å². The molecular formula is C16H34N2. The number of nitrogens with zero attached hydrogens (tertiary/aromatic N) is 1. The summed E-state index contributed by atoms with van der Waals surface area (Å²) in [4.78, 5) is 2.74. The Bertz CT molecular complexity index is 195. The zero-order valence-corrected chi connectivity index (χ0v) is 13.0. The summed E-state index contributed by atoms with van der Waals surface area (Å²) in [6.45, 7) is 14.2. The molecule has 2 heteroatoms. The molecule has 1 saturated heterocycles. The lowest BCUT2D eigenvalue weighted by Gasteiger charge is -2.37. The second-order valence-corrected chi connectivity index (χ2v) is 6.38. The molecule has 1 aliphatic heterocycles. The Morgan fingerprint density at radius 1 is 1.11 bits per heavy atom. The van der Waals surface area contributed by atoms with Gasteiger partial charge in [0, 0.05) is 12.6 Å². The van der Waals surface area contributed by atoms with E-state index in [2.05, 4.69) is 37.9 Å². The topological polar surface area (TPSA) is 15.3 Å². The molecule has 108 valence electrons. The summed E-state index contributed by atoms with van der Waals surface area (Å²) in [5.74, 6) is 1.75. The van der Waals surface area contributed by atoms with Crippen molar-refractivity contribution in [2.75, 3.05) is 26.2 Å². The first-order valence-electron chi connectivity index (χ1n) is 8.12. The van der Waals surface area contributed by atoms with Gasteiger partial charge in [-0.3, -0.25) is 4.90 Å². The third-order valence-electron chi connectivity index (χ3n) is 4.30. The molecule has 0 aliphatic carbocycles. The number of piperidine rings is 1. The Labute approximate surface area is 115 Å². The highest BCUT2D eigenvalue weighted by atomic mass is 15.2. The Balaban J connectivity index is 2.32. The van der Waals surface area contributed by atoms with Crippen LogP contribution in [0.4, 0.5) is 0 Å². The molecule has 0 radical (unpaired) electrons. The average Bonchev–Trinajstić information content (AvgIpc) is 2.37. The van der Waals surface area contributed by atoms with Crippen LogP contribution in [0, 0.1) is 11.8 Å². The van der Waals surface area contributed by atoms with Crippen LogP contribution in [0.25, 0.3) is 0 Å². The Hall–Kier alpha value is -0.0800. The van der Waals surface area contributed by atoms with E-state index in [4.69, 9.17) is 0 Å². The van der Waals surface area contributed by atoms with Crippen LogP contribution in [0.2, 0.25) is 0 Å². The van der Waals surface area contributed by atoms with Gasteiger partial charge in [-0.15, -0.1) is 0 Å². The summed E-state index contributed by atoms with van der Waals surface area (Å²) in [6.07, 6.45) is 6.86. The standard InChI is InChI=1S/C16H34N2/c1-5-7-16(13-17-12-14(3)4)18-10-8-15(6-2)9-11-18/h14-17H,5-13H2,1-4H3. The van der Waals surface area contributed by atoms with Gasteiger partial charge in [-0.1, -0.05) is 40.5 Å². The quantitative estimate of drug-likeness (QED) is 0.713. The molecule has 0 aromatic heterocycles. The van der Waals surface area contributed by atoms with Crippen molar-refractivity contribution >= 4 is 0 Å². The van der Waals surface area contributed by atoms with Crippen LogP contribution in [-0.4, -0.2) is 37.1 Å². The zero-order valence-electron chi connectivity index (χ0n) is 13.0. The van der Waals surface area contributed by atoms with Crippen LogP contribution in [0.15, 0.2) is 0 Å². The normalized spacial score (nSPS) is 20.5. The molecule has 0 amide bonds. The molecule has 1 unspecified atom stereocenters. The van der Waals surface area contributed by atoms with Gasteiger partial charge in [0.1, 0.15) is 0 Å². The lowest BCUT2D eigenvalue weighted by atomic mass is 9.93. The zero-order chi connectivity index (χ0) is 13.4. The maximum atomic E-state index is 3.65. The van der Waals surface area contributed by atoms with Gasteiger partial charge in [0.25, 0.3) is 0 Å². The highest BCUT2D eigenvalue weighted by Gasteiger charge is 2.23. The molecule has 1 aliphatic rings. The third kappa shape index (κ3) is 5.71. The van der Waals surface area contributed by atoms with Crippen LogP contribution >= 0.6 is 0 Å². The van der Waals surface area contributed by atoms with Gasteiger partial charge in [0.05, 0.1) is 0 Å². The van der Waals surface area contributed by atoms with E-state index in [-0.39, 0.29) is 0 Å². The van der Waals surface area contributed by atoms with Crippen LogP contribution in [0.5, 0.6) is 0 Å². The highest BCUT2D eigenvalue weighted by Crippen LogP contribution is 2.22. The second-order valence-electron chi connectivity index (χ2n) is 6.38. The minimum atomic E-state index is 0.762. The largest absolute Gasteiger partial charge is 0.315 e. The predicted octanol–water partition coefficient (Wildman–Crippen LogP) is 3.52. The Kier molecular flexibility index (Phi) is 7.92. The molecule has 2 nitrogen and oxygen atoms in total.